The third-order valence-electron chi connectivity index (χ3n) is 8.44. The number of rotatable bonds is 5. The van der Waals surface area contributed by atoms with Gasteiger partial charge >= 0.3 is 12.1 Å². The summed E-state index contributed by atoms with van der Waals surface area (Å²) in [5.41, 5.74) is 2.23. The highest BCUT2D eigenvalue weighted by Gasteiger charge is 2.67. The topological polar surface area (TPSA) is 116 Å². The Hall–Kier alpha value is -3.39. The molecule has 1 aliphatic heterocycles. The van der Waals surface area contributed by atoms with Crippen LogP contribution >= 0.6 is 0 Å². The minimum Gasteiger partial charge on any atom is -0.479 e. The van der Waals surface area contributed by atoms with Crippen molar-refractivity contribution in [3.63, 3.8) is 0 Å². The first-order valence-electron chi connectivity index (χ1n) is 12.2. The van der Waals surface area contributed by atoms with Crippen LogP contribution in [0.5, 0.6) is 0 Å². The Balaban J connectivity index is 1.06. The first-order chi connectivity index (χ1) is 16.8. The van der Waals surface area contributed by atoms with Gasteiger partial charge in [-0.15, -0.1) is 0 Å². The number of hydrogen-bond acceptors (Lipinski definition) is 5. The van der Waals surface area contributed by atoms with Crippen LogP contribution in [0.4, 0.5) is 4.79 Å². The molecule has 1 saturated heterocycles. The molecule has 8 nitrogen and oxygen atoms in total. The second kappa shape index (κ2) is 7.81. The summed E-state index contributed by atoms with van der Waals surface area (Å²) < 4.78 is 5.65. The van der Waals surface area contributed by atoms with E-state index in [1.807, 2.05) is 24.3 Å². The van der Waals surface area contributed by atoms with Gasteiger partial charge in [-0.25, -0.2) is 9.59 Å². The summed E-state index contributed by atoms with van der Waals surface area (Å²) in [5.74, 6) is -1.23. The van der Waals surface area contributed by atoms with Crippen LogP contribution in [0, 0.1) is 11.3 Å². The molecular weight excluding hydrogens is 448 g/mol. The van der Waals surface area contributed by atoms with Crippen molar-refractivity contribution in [1.29, 1.82) is 0 Å². The molecule has 2 amide bonds. The molecule has 4 unspecified atom stereocenters. The smallest absolute Gasteiger partial charge is 0.407 e. The van der Waals surface area contributed by atoms with Gasteiger partial charge in [0.15, 0.2) is 5.60 Å². The Kier molecular flexibility index (Phi) is 4.93. The van der Waals surface area contributed by atoms with Crippen LogP contribution < -0.4 is 5.32 Å². The highest BCUT2D eigenvalue weighted by Crippen LogP contribution is 2.64. The van der Waals surface area contributed by atoms with E-state index < -0.39 is 23.1 Å². The zero-order valence-electron chi connectivity index (χ0n) is 19.3. The highest BCUT2D eigenvalue weighted by atomic mass is 16.5. The van der Waals surface area contributed by atoms with E-state index in [2.05, 4.69) is 29.6 Å². The number of fused-ring (bicyclic) bond motifs is 4. The molecule has 0 bridgehead atoms. The maximum Gasteiger partial charge on any atom is 0.407 e. The van der Waals surface area contributed by atoms with E-state index >= 15 is 0 Å². The lowest BCUT2D eigenvalue weighted by molar-refractivity contribution is -0.157. The van der Waals surface area contributed by atoms with Crippen molar-refractivity contribution in [1.82, 2.24) is 10.2 Å². The van der Waals surface area contributed by atoms with Crippen LogP contribution in [0.15, 0.2) is 48.5 Å². The molecule has 4 atom stereocenters. The van der Waals surface area contributed by atoms with Crippen molar-refractivity contribution < 1.29 is 29.3 Å². The number of ether oxygens (including phenoxy) is 1. The number of carboxylic acids is 1. The predicted molar refractivity (Wildman–Crippen MR) is 126 cm³/mol. The Morgan fingerprint density at radius 2 is 1.69 bits per heavy atom. The monoisotopic (exact) mass is 476 g/mol. The summed E-state index contributed by atoms with van der Waals surface area (Å²) in [7, 11) is 0. The second-order valence-corrected chi connectivity index (χ2v) is 10.5. The molecule has 0 spiro atoms. The summed E-state index contributed by atoms with van der Waals surface area (Å²) in [4.78, 5) is 38.6. The molecule has 3 aliphatic carbocycles. The average Bonchev–Trinajstić information content (AvgIpc) is 3.14. The number of amides is 2. The number of hydrogen-bond donors (Lipinski definition) is 3. The Morgan fingerprint density at radius 3 is 2.31 bits per heavy atom. The first-order valence-corrected chi connectivity index (χ1v) is 12.2. The molecule has 8 heteroatoms. The number of alkyl carbamates (subject to hydrolysis) is 1. The van der Waals surface area contributed by atoms with Crippen LogP contribution in [0.1, 0.15) is 42.7 Å². The van der Waals surface area contributed by atoms with Gasteiger partial charge in [-0.1, -0.05) is 48.5 Å². The number of aliphatic carboxylic acids is 1. The fourth-order valence-electron chi connectivity index (χ4n) is 6.53. The maximum atomic E-state index is 13.2. The zero-order chi connectivity index (χ0) is 24.4. The predicted octanol–water partition coefficient (Wildman–Crippen LogP) is 2.74. The lowest BCUT2D eigenvalue weighted by Gasteiger charge is -2.24. The molecule has 2 aromatic rings. The van der Waals surface area contributed by atoms with Gasteiger partial charge in [0, 0.05) is 24.9 Å². The number of carbonyl (C=O) groups excluding carboxylic acids is 2. The molecule has 182 valence electrons. The standard InChI is InChI=1S/C27H28N2O6/c30-23(29-10-9-27(34,15-29)24(31)32)26-12-16(26)11-17(13-26)28-25(33)35-14-22-20-7-3-1-5-18(20)19-6-2-4-8-21(19)22/h1-8,16-17,22,34H,9-15H2,(H,28,33)(H,31,32). The van der Waals surface area contributed by atoms with E-state index in [-0.39, 0.29) is 49.9 Å². The molecule has 6 rings (SSSR count). The highest BCUT2D eigenvalue weighted by molar-refractivity contribution is 5.89. The molecule has 2 saturated carbocycles. The summed E-state index contributed by atoms with van der Waals surface area (Å²) in [5, 5.41) is 22.4. The molecule has 2 aromatic carbocycles. The SMILES string of the molecule is O=C(NC1CC2CC2(C(=O)N2CCC(O)(C(=O)O)C2)C1)OCC1c2ccccc2-c2ccccc21. The van der Waals surface area contributed by atoms with Crippen LogP contribution in [-0.2, 0) is 14.3 Å². The molecule has 0 radical (unpaired) electrons. The van der Waals surface area contributed by atoms with Gasteiger partial charge in [0.05, 0.1) is 12.0 Å². The minimum atomic E-state index is -1.87. The quantitative estimate of drug-likeness (QED) is 0.611. The summed E-state index contributed by atoms with van der Waals surface area (Å²) in [6, 6.07) is 16.2. The molecule has 35 heavy (non-hydrogen) atoms. The van der Waals surface area contributed by atoms with Crippen LogP contribution in [-0.4, -0.2) is 64.4 Å². The summed E-state index contributed by atoms with van der Waals surface area (Å²) in [6.07, 6.45) is 1.52. The fourth-order valence-corrected chi connectivity index (χ4v) is 6.53. The first kappa shape index (κ1) is 22.1. The van der Waals surface area contributed by atoms with E-state index in [1.165, 1.54) is 16.0 Å². The van der Waals surface area contributed by atoms with Gasteiger partial charge in [-0.05, 0) is 47.4 Å². The number of benzene rings is 2. The van der Waals surface area contributed by atoms with Crippen molar-refractivity contribution in [2.75, 3.05) is 19.7 Å². The summed E-state index contributed by atoms with van der Waals surface area (Å²) >= 11 is 0. The van der Waals surface area contributed by atoms with Crippen LogP contribution in [0.3, 0.4) is 0 Å². The van der Waals surface area contributed by atoms with Crippen molar-refractivity contribution in [3.05, 3.63) is 59.7 Å². The molecule has 4 aliphatic rings. The van der Waals surface area contributed by atoms with E-state index in [4.69, 9.17) is 4.74 Å². The lowest BCUT2D eigenvalue weighted by atomic mass is 9.98. The zero-order valence-corrected chi connectivity index (χ0v) is 19.3. The van der Waals surface area contributed by atoms with Gasteiger partial charge in [0.1, 0.15) is 6.61 Å². The van der Waals surface area contributed by atoms with E-state index in [9.17, 15) is 24.6 Å². The Labute approximate surface area is 202 Å². The van der Waals surface area contributed by atoms with Crippen LogP contribution in [0.2, 0.25) is 0 Å². The molecule has 3 fully saturated rings. The number of nitrogens with zero attached hydrogens (tertiary/aromatic N) is 1. The van der Waals surface area contributed by atoms with E-state index in [0.717, 1.165) is 17.5 Å². The van der Waals surface area contributed by atoms with Gasteiger partial charge in [0.2, 0.25) is 5.91 Å². The minimum absolute atomic E-state index is 0.0128. The summed E-state index contributed by atoms with van der Waals surface area (Å²) in [6.45, 7) is 0.294. The normalized spacial score (nSPS) is 30.4. The van der Waals surface area contributed by atoms with Crippen molar-refractivity contribution >= 4 is 18.0 Å². The maximum absolute atomic E-state index is 13.2. The number of nitrogens with one attached hydrogen (secondary N) is 1. The van der Waals surface area contributed by atoms with E-state index in [0.29, 0.717) is 12.8 Å². The van der Waals surface area contributed by atoms with Crippen molar-refractivity contribution in [2.45, 2.75) is 43.2 Å². The van der Waals surface area contributed by atoms with E-state index in [1.54, 1.807) is 0 Å². The lowest BCUT2D eigenvalue weighted by Crippen LogP contribution is -2.44. The third-order valence-corrected chi connectivity index (χ3v) is 8.44. The second-order valence-electron chi connectivity index (χ2n) is 10.5. The molecule has 1 heterocycles. The number of carbonyl (C=O) groups is 3. The molecular formula is C27H28N2O6. The number of aliphatic hydroxyl groups is 1. The average molecular weight is 477 g/mol. The van der Waals surface area contributed by atoms with Crippen LogP contribution in [0.25, 0.3) is 11.1 Å². The number of β-amino-alcohol motifs (C(OH)–C–C–N with tert-alkyl or cyclic N) is 1. The Bertz CT molecular complexity index is 1180. The fraction of sp³-hybridized carbons (Fsp3) is 0.444. The number of likely N-dealkylation sites (tertiary alicyclic amines) is 1. The van der Waals surface area contributed by atoms with Gasteiger partial charge in [0.25, 0.3) is 0 Å². The van der Waals surface area contributed by atoms with Gasteiger partial charge in [-0.3, -0.25) is 4.79 Å². The van der Waals surface area contributed by atoms with Gasteiger partial charge in [-0.2, -0.15) is 0 Å². The largest absolute Gasteiger partial charge is 0.479 e. The van der Waals surface area contributed by atoms with Crippen molar-refractivity contribution in [3.8, 4) is 11.1 Å². The number of carboxylic acid groups (broad SMARTS) is 1. The molecule has 3 N–H and O–H groups in total. The van der Waals surface area contributed by atoms with Crippen molar-refractivity contribution in [2.24, 2.45) is 11.3 Å². The molecule has 0 aromatic heterocycles. The third kappa shape index (κ3) is 3.50. The Morgan fingerprint density at radius 1 is 1.03 bits per heavy atom. The van der Waals surface area contributed by atoms with Gasteiger partial charge < -0.3 is 25.2 Å².